The molecular formula is C12H17ClN2O2. The average Bonchev–Trinajstić information content (AvgIpc) is 2.30. The SMILES string of the molecule is Cl.NC1CCN(C(=O)c2ccccc2O)CC1. The number of nitrogens with zero attached hydrogens (tertiary/aromatic N) is 1. The van der Waals surface area contributed by atoms with E-state index in [2.05, 4.69) is 0 Å². The number of phenolic OH excluding ortho intramolecular Hbond substituents is 1. The molecule has 0 saturated carbocycles. The minimum atomic E-state index is -0.106. The van der Waals surface area contributed by atoms with E-state index >= 15 is 0 Å². The van der Waals surface area contributed by atoms with E-state index in [9.17, 15) is 9.90 Å². The van der Waals surface area contributed by atoms with Crippen LogP contribution in [0.25, 0.3) is 0 Å². The molecule has 0 spiro atoms. The van der Waals surface area contributed by atoms with Crippen molar-refractivity contribution in [2.24, 2.45) is 5.73 Å². The van der Waals surface area contributed by atoms with Crippen molar-refractivity contribution in [3.63, 3.8) is 0 Å². The Morgan fingerprint density at radius 3 is 2.47 bits per heavy atom. The van der Waals surface area contributed by atoms with Gasteiger partial charge < -0.3 is 15.7 Å². The standard InChI is InChI=1S/C12H16N2O2.ClH/c13-9-5-7-14(8-6-9)12(16)10-3-1-2-4-11(10)15;/h1-4,9,15H,5-8,13H2;1H. The van der Waals surface area contributed by atoms with Gasteiger partial charge in [-0.1, -0.05) is 12.1 Å². The minimum absolute atomic E-state index is 0. The molecule has 1 aromatic rings. The zero-order chi connectivity index (χ0) is 11.5. The first-order chi connectivity index (χ1) is 7.68. The van der Waals surface area contributed by atoms with E-state index in [1.54, 1.807) is 23.1 Å². The number of halogens is 1. The molecule has 1 aliphatic rings. The predicted molar refractivity (Wildman–Crippen MR) is 68.5 cm³/mol. The third-order valence-electron chi connectivity index (χ3n) is 2.96. The van der Waals surface area contributed by atoms with Crippen molar-refractivity contribution in [1.82, 2.24) is 4.90 Å². The van der Waals surface area contributed by atoms with Gasteiger partial charge in [0.2, 0.25) is 0 Å². The second kappa shape index (κ2) is 5.89. The average molecular weight is 257 g/mol. The number of amides is 1. The highest BCUT2D eigenvalue weighted by Gasteiger charge is 2.22. The zero-order valence-electron chi connectivity index (χ0n) is 9.50. The summed E-state index contributed by atoms with van der Waals surface area (Å²) >= 11 is 0. The van der Waals surface area contributed by atoms with Gasteiger partial charge >= 0.3 is 0 Å². The highest BCUT2D eigenvalue weighted by atomic mass is 35.5. The molecule has 4 nitrogen and oxygen atoms in total. The van der Waals surface area contributed by atoms with Gasteiger partial charge in [0.1, 0.15) is 5.75 Å². The van der Waals surface area contributed by atoms with Crippen LogP contribution in [-0.4, -0.2) is 35.0 Å². The van der Waals surface area contributed by atoms with Crippen molar-refractivity contribution in [2.45, 2.75) is 18.9 Å². The number of rotatable bonds is 1. The fourth-order valence-electron chi connectivity index (χ4n) is 1.93. The Morgan fingerprint density at radius 1 is 1.29 bits per heavy atom. The number of nitrogens with two attached hydrogens (primary N) is 1. The quantitative estimate of drug-likeness (QED) is 0.798. The number of carbonyl (C=O) groups is 1. The molecule has 94 valence electrons. The monoisotopic (exact) mass is 256 g/mol. The van der Waals surface area contributed by atoms with Crippen LogP contribution in [-0.2, 0) is 0 Å². The maximum Gasteiger partial charge on any atom is 0.257 e. The number of para-hydroxylation sites is 1. The van der Waals surface area contributed by atoms with Crippen LogP contribution in [0.2, 0.25) is 0 Å². The molecule has 1 amide bonds. The molecule has 0 aromatic heterocycles. The molecular weight excluding hydrogens is 240 g/mol. The second-order valence-corrected chi connectivity index (χ2v) is 4.15. The van der Waals surface area contributed by atoms with Crippen LogP contribution in [0, 0.1) is 0 Å². The van der Waals surface area contributed by atoms with Crippen molar-refractivity contribution in [3.05, 3.63) is 29.8 Å². The van der Waals surface area contributed by atoms with Gasteiger partial charge in [-0.05, 0) is 25.0 Å². The van der Waals surface area contributed by atoms with Gasteiger partial charge in [0, 0.05) is 19.1 Å². The highest BCUT2D eigenvalue weighted by molar-refractivity contribution is 5.96. The molecule has 0 unspecified atom stereocenters. The summed E-state index contributed by atoms with van der Waals surface area (Å²) < 4.78 is 0. The van der Waals surface area contributed by atoms with Gasteiger partial charge in [-0.3, -0.25) is 4.79 Å². The van der Waals surface area contributed by atoms with E-state index in [0.717, 1.165) is 12.8 Å². The van der Waals surface area contributed by atoms with E-state index in [1.807, 2.05) is 0 Å². The first-order valence-corrected chi connectivity index (χ1v) is 5.51. The summed E-state index contributed by atoms with van der Waals surface area (Å²) in [6.45, 7) is 1.35. The number of hydrogen-bond acceptors (Lipinski definition) is 3. The van der Waals surface area contributed by atoms with Gasteiger partial charge in [0.25, 0.3) is 5.91 Å². The van der Waals surface area contributed by atoms with Crippen molar-refractivity contribution in [2.75, 3.05) is 13.1 Å². The van der Waals surface area contributed by atoms with Crippen LogP contribution in [0.1, 0.15) is 23.2 Å². The molecule has 1 saturated heterocycles. The first-order valence-electron chi connectivity index (χ1n) is 5.51. The topological polar surface area (TPSA) is 66.6 Å². The van der Waals surface area contributed by atoms with Gasteiger partial charge in [0.05, 0.1) is 5.56 Å². The number of aromatic hydroxyl groups is 1. The first kappa shape index (κ1) is 13.8. The summed E-state index contributed by atoms with van der Waals surface area (Å²) in [7, 11) is 0. The fraction of sp³-hybridized carbons (Fsp3) is 0.417. The lowest BCUT2D eigenvalue weighted by Gasteiger charge is -2.30. The van der Waals surface area contributed by atoms with Crippen LogP contribution in [0.5, 0.6) is 5.75 Å². The second-order valence-electron chi connectivity index (χ2n) is 4.15. The maximum atomic E-state index is 12.1. The van der Waals surface area contributed by atoms with E-state index in [4.69, 9.17) is 5.73 Å². The van der Waals surface area contributed by atoms with Crippen LogP contribution >= 0.6 is 12.4 Å². The molecule has 0 aliphatic carbocycles. The third kappa shape index (κ3) is 3.11. The van der Waals surface area contributed by atoms with E-state index < -0.39 is 0 Å². The molecule has 17 heavy (non-hydrogen) atoms. The Kier molecular flexibility index (Phi) is 4.78. The minimum Gasteiger partial charge on any atom is -0.507 e. The van der Waals surface area contributed by atoms with Gasteiger partial charge in [-0.25, -0.2) is 0 Å². The molecule has 1 fully saturated rings. The maximum absolute atomic E-state index is 12.1. The lowest BCUT2D eigenvalue weighted by Crippen LogP contribution is -2.42. The zero-order valence-corrected chi connectivity index (χ0v) is 10.3. The predicted octanol–water partition coefficient (Wildman–Crippen LogP) is 1.38. The van der Waals surface area contributed by atoms with Crippen LogP contribution in [0.4, 0.5) is 0 Å². The molecule has 1 aliphatic heterocycles. The third-order valence-corrected chi connectivity index (χ3v) is 2.96. The summed E-state index contributed by atoms with van der Waals surface area (Å²) in [5.41, 5.74) is 6.15. The molecule has 1 aromatic carbocycles. The molecule has 0 bridgehead atoms. The molecule has 2 rings (SSSR count). The molecule has 0 atom stereocenters. The number of carbonyl (C=O) groups excluding carboxylic acids is 1. The van der Waals surface area contributed by atoms with Crippen molar-refractivity contribution < 1.29 is 9.90 Å². The number of likely N-dealkylation sites (tertiary alicyclic amines) is 1. The van der Waals surface area contributed by atoms with Crippen molar-refractivity contribution in [3.8, 4) is 5.75 Å². The Morgan fingerprint density at radius 2 is 1.88 bits per heavy atom. The van der Waals surface area contributed by atoms with E-state index in [0.29, 0.717) is 18.7 Å². The van der Waals surface area contributed by atoms with Crippen molar-refractivity contribution in [1.29, 1.82) is 0 Å². The number of piperidine rings is 1. The molecule has 0 radical (unpaired) electrons. The van der Waals surface area contributed by atoms with Gasteiger partial charge in [-0.2, -0.15) is 0 Å². The Bertz CT molecular complexity index is 390. The summed E-state index contributed by atoms with van der Waals surface area (Å²) in [5, 5.41) is 9.59. The van der Waals surface area contributed by atoms with E-state index in [-0.39, 0.29) is 30.1 Å². The lowest BCUT2D eigenvalue weighted by molar-refractivity contribution is 0.0712. The molecule has 3 N–H and O–H groups in total. The van der Waals surface area contributed by atoms with Crippen molar-refractivity contribution >= 4 is 18.3 Å². The number of phenols is 1. The Labute approximate surface area is 107 Å². The largest absolute Gasteiger partial charge is 0.507 e. The van der Waals surface area contributed by atoms with Crippen LogP contribution in [0.3, 0.4) is 0 Å². The van der Waals surface area contributed by atoms with E-state index in [1.165, 1.54) is 6.07 Å². The number of benzene rings is 1. The number of hydrogen-bond donors (Lipinski definition) is 2. The summed E-state index contributed by atoms with van der Waals surface area (Å²) in [6.07, 6.45) is 1.67. The Balaban J connectivity index is 0.00000144. The smallest absolute Gasteiger partial charge is 0.257 e. The highest BCUT2D eigenvalue weighted by Crippen LogP contribution is 2.19. The Hall–Kier alpha value is -1.26. The lowest BCUT2D eigenvalue weighted by atomic mass is 10.0. The summed E-state index contributed by atoms with van der Waals surface area (Å²) in [6, 6.07) is 6.84. The van der Waals surface area contributed by atoms with Crippen LogP contribution < -0.4 is 5.73 Å². The molecule has 1 heterocycles. The fourth-order valence-corrected chi connectivity index (χ4v) is 1.93. The summed E-state index contributed by atoms with van der Waals surface area (Å²) in [4.78, 5) is 13.8. The molecule has 5 heteroatoms. The summed E-state index contributed by atoms with van der Waals surface area (Å²) in [5.74, 6) is -0.0626. The van der Waals surface area contributed by atoms with Gasteiger partial charge in [0.15, 0.2) is 0 Å². The van der Waals surface area contributed by atoms with Gasteiger partial charge in [-0.15, -0.1) is 12.4 Å². The normalized spacial score (nSPS) is 16.4. The van der Waals surface area contributed by atoms with Crippen LogP contribution in [0.15, 0.2) is 24.3 Å².